The lowest BCUT2D eigenvalue weighted by Crippen LogP contribution is -2.05. The van der Waals surface area contributed by atoms with Crippen molar-refractivity contribution in [2.24, 2.45) is 0 Å². The van der Waals surface area contributed by atoms with Crippen LogP contribution in [0.5, 0.6) is 11.6 Å². The molecule has 0 unspecified atom stereocenters. The molecule has 2 aromatic rings. The summed E-state index contributed by atoms with van der Waals surface area (Å²) in [5.41, 5.74) is -0.895. The fraction of sp³-hybridized carbons (Fsp3) is 0.0833. The Morgan fingerprint density at radius 3 is 2.33 bits per heavy atom. The Kier molecular flexibility index (Phi) is 3.43. The summed E-state index contributed by atoms with van der Waals surface area (Å²) in [6.45, 7) is 0. The number of ether oxygens (including phenoxy) is 1. The van der Waals surface area contributed by atoms with Crippen LogP contribution in [-0.2, 0) is 6.18 Å². The molecule has 0 bridgehead atoms. The zero-order valence-corrected chi connectivity index (χ0v) is 9.66. The quantitative estimate of drug-likeness (QED) is 0.749. The Labute approximate surface area is 106 Å². The topological polar surface area (TPSA) is 22.1 Å². The van der Waals surface area contributed by atoms with Crippen LogP contribution in [0, 0.1) is 0 Å². The van der Waals surface area contributed by atoms with Crippen LogP contribution < -0.4 is 4.74 Å². The third-order valence-electron chi connectivity index (χ3n) is 2.06. The summed E-state index contributed by atoms with van der Waals surface area (Å²) in [6.07, 6.45) is -4.48. The van der Waals surface area contributed by atoms with E-state index in [4.69, 9.17) is 16.3 Å². The number of aromatic nitrogens is 1. The zero-order valence-electron chi connectivity index (χ0n) is 8.91. The van der Waals surface area contributed by atoms with E-state index in [1.54, 1.807) is 30.3 Å². The summed E-state index contributed by atoms with van der Waals surface area (Å²) < 4.78 is 42.8. The van der Waals surface area contributed by atoms with Crippen LogP contribution in [0.3, 0.4) is 0 Å². The number of para-hydroxylation sites is 1. The van der Waals surface area contributed by atoms with Gasteiger partial charge in [0.2, 0.25) is 5.88 Å². The van der Waals surface area contributed by atoms with Gasteiger partial charge < -0.3 is 4.74 Å². The average Bonchev–Trinajstić information content (AvgIpc) is 2.28. The highest BCUT2D eigenvalue weighted by Gasteiger charge is 2.31. The summed E-state index contributed by atoms with van der Waals surface area (Å²) in [5.74, 6) is 0.196. The molecular weight excluding hydrogens is 267 g/mol. The highest BCUT2D eigenvalue weighted by Crippen LogP contribution is 2.33. The second-order valence-corrected chi connectivity index (χ2v) is 3.82. The van der Waals surface area contributed by atoms with Gasteiger partial charge in [-0.05, 0) is 18.2 Å². The lowest BCUT2D eigenvalue weighted by molar-refractivity contribution is -0.137. The van der Waals surface area contributed by atoms with Crippen molar-refractivity contribution in [3.05, 3.63) is 53.2 Å². The second-order valence-electron chi connectivity index (χ2n) is 3.43. The molecule has 2 rings (SSSR count). The van der Waals surface area contributed by atoms with Gasteiger partial charge in [0.15, 0.2) is 0 Å². The van der Waals surface area contributed by atoms with E-state index in [0.717, 1.165) is 12.1 Å². The SMILES string of the molecule is FC(F)(F)c1cc(Cl)nc(Oc2ccccc2)c1. The molecule has 0 radical (unpaired) electrons. The van der Waals surface area contributed by atoms with Crippen LogP contribution in [0.25, 0.3) is 0 Å². The van der Waals surface area contributed by atoms with Gasteiger partial charge in [-0.1, -0.05) is 29.8 Å². The van der Waals surface area contributed by atoms with Crippen LogP contribution in [0.15, 0.2) is 42.5 Å². The van der Waals surface area contributed by atoms with Crippen molar-refractivity contribution in [1.82, 2.24) is 4.98 Å². The van der Waals surface area contributed by atoms with Crippen molar-refractivity contribution in [2.45, 2.75) is 6.18 Å². The smallest absolute Gasteiger partial charge is 0.416 e. The van der Waals surface area contributed by atoms with Gasteiger partial charge in [-0.25, -0.2) is 4.98 Å². The summed E-state index contributed by atoms with van der Waals surface area (Å²) in [7, 11) is 0. The van der Waals surface area contributed by atoms with Gasteiger partial charge in [0.1, 0.15) is 10.9 Å². The molecule has 94 valence electrons. The average molecular weight is 274 g/mol. The molecule has 2 nitrogen and oxygen atoms in total. The van der Waals surface area contributed by atoms with Gasteiger partial charge >= 0.3 is 6.18 Å². The monoisotopic (exact) mass is 273 g/mol. The highest BCUT2D eigenvalue weighted by atomic mass is 35.5. The minimum Gasteiger partial charge on any atom is -0.439 e. The number of benzene rings is 1. The molecule has 1 aromatic heterocycles. The predicted molar refractivity (Wildman–Crippen MR) is 60.8 cm³/mol. The summed E-state index contributed by atoms with van der Waals surface area (Å²) >= 11 is 5.53. The van der Waals surface area contributed by atoms with Crippen LogP contribution in [-0.4, -0.2) is 4.98 Å². The van der Waals surface area contributed by atoms with Gasteiger partial charge in [-0.3, -0.25) is 0 Å². The van der Waals surface area contributed by atoms with Gasteiger partial charge in [-0.2, -0.15) is 13.2 Å². The maximum Gasteiger partial charge on any atom is 0.416 e. The molecule has 0 amide bonds. The van der Waals surface area contributed by atoms with Crippen molar-refractivity contribution >= 4 is 11.6 Å². The third-order valence-corrected chi connectivity index (χ3v) is 2.26. The lowest BCUT2D eigenvalue weighted by Gasteiger charge is -2.09. The number of hydrogen-bond donors (Lipinski definition) is 0. The van der Waals surface area contributed by atoms with Crippen molar-refractivity contribution in [3.63, 3.8) is 0 Å². The van der Waals surface area contributed by atoms with Gasteiger partial charge in [0.25, 0.3) is 0 Å². The maximum absolute atomic E-state index is 12.5. The maximum atomic E-state index is 12.5. The van der Waals surface area contributed by atoms with E-state index >= 15 is 0 Å². The Bertz CT molecular complexity index is 543. The molecule has 18 heavy (non-hydrogen) atoms. The molecule has 0 atom stereocenters. The largest absolute Gasteiger partial charge is 0.439 e. The molecule has 0 aliphatic heterocycles. The van der Waals surface area contributed by atoms with E-state index in [9.17, 15) is 13.2 Å². The number of pyridine rings is 1. The van der Waals surface area contributed by atoms with Gasteiger partial charge in [0.05, 0.1) is 5.56 Å². The van der Waals surface area contributed by atoms with E-state index in [0.29, 0.717) is 5.75 Å². The predicted octanol–water partition coefficient (Wildman–Crippen LogP) is 4.55. The van der Waals surface area contributed by atoms with Crippen LogP contribution in [0.2, 0.25) is 5.15 Å². The van der Waals surface area contributed by atoms with Crippen molar-refractivity contribution in [1.29, 1.82) is 0 Å². The molecule has 1 aromatic carbocycles. The first kappa shape index (κ1) is 12.7. The van der Waals surface area contributed by atoms with Crippen LogP contribution in [0.4, 0.5) is 13.2 Å². The van der Waals surface area contributed by atoms with Crippen LogP contribution >= 0.6 is 11.6 Å². The molecule has 0 fully saturated rings. The molecule has 0 saturated heterocycles. The highest BCUT2D eigenvalue weighted by molar-refractivity contribution is 6.29. The number of halogens is 4. The summed E-state index contributed by atoms with van der Waals surface area (Å²) in [5, 5.41) is -0.268. The number of hydrogen-bond acceptors (Lipinski definition) is 2. The molecule has 0 aliphatic carbocycles. The molecule has 0 N–H and O–H groups in total. The summed E-state index contributed by atoms with van der Waals surface area (Å²) in [4.78, 5) is 3.69. The number of nitrogens with zero attached hydrogens (tertiary/aromatic N) is 1. The lowest BCUT2D eigenvalue weighted by atomic mass is 10.2. The minimum absolute atomic E-state index is 0.193. The Morgan fingerprint density at radius 1 is 1.06 bits per heavy atom. The van der Waals surface area contributed by atoms with Crippen molar-refractivity contribution < 1.29 is 17.9 Å². The second kappa shape index (κ2) is 4.86. The number of alkyl halides is 3. The van der Waals surface area contributed by atoms with Gasteiger partial charge in [-0.15, -0.1) is 0 Å². The molecule has 0 aliphatic rings. The zero-order chi connectivity index (χ0) is 13.2. The first-order valence-electron chi connectivity index (χ1n) is 4.93. The standard InChI is InChI=1S/C12H7ClF3NO/c13-10-6-8(12(14,15)16)7-11(17-10)18-9-4-2-1-3-5-9/h1-7H. The first-order chi connectivity index (χ1) is 8.45. The Hall–Kier alpha value is -1.75. The van der Waals surface area contributed by atoms with E-state index in [-0.39, 0.29) is 11.0 Å². The fourth-order valence-corrected chi connectivity index (χ4v) is 1.50. The molecular formula is C12H7ClF3NO. The molecule has 1 heterocycles. The Morgan fingerprint density at radius 2 is 1.72 bits per heavy atom. The molecule has 0 saturated carbocycles. The molecule has 0 spiro atoms. The number of rotatable bonds is 2. The van der Waals surface area contributed by atoms with Gasteiger partial charge in [0, 0.05) is 6.07 Å². The third kappa shape index (κ3) is 3.13. The fourth-order valence-electron chi connectivity index (χ4n) is 1.30. The first-order valence-corrected chi connectivity index (χ1v) is 5.30. The normalized spacial score (nSPS) is 11.3. The summed E-state index contributed by atoms with van der Waals surface area (Å²) in [6, 6.07) is 9.93. The van der Waals surface area contributed by atoms with E-state index < -0.39 is 11.7 Å². The van der Waals surface area contributed by atoms with Crippen molar-refractivity contribution in [3.8, 4) is 11.6 Å². The van der Waals surface area contributed by atoms with E-state index in [1.807, 2.05) is 0 Å². The Balaban J connectivity index is 2.32. The van der Waals surface area contributed by atoms with E-state index in [2.05, 4.69) is 4.98 Å². The van der Waals surface area contributed by atoms with E-state index in [1.165, 1.54) is 0 Å². The van der Waals surface area contributed by atoms with Crippen LogP contribution in [0.1, 0.15) is 5.56 Å². The van der Waals surface area contributed by atoms with Crippen molar-refractivity contribution in [2.75, 3.05) is 0 Å². The molecule has 6 heteroatoms. The minimum atomic E-state index is -4.48.